The Balaban J connectivity index is 1.23. The molecule has 2 amide bonds. The van der Waals surface area contributed by atoms with Gasteiger partial charge in [0.25, 0.3) is 0 Å². The Morgan fingerprint density at radius 1 is 1.00 bits per heavy atom. The van der Waals surface area contributed by atoms with Crippen molar-refractivity contribution < 1.29 is 14.3 Å². The molecule has 2 heterocycles. The van der Waals surface area contributed by atoms with E-state index in [2.05, 4.69) is 5.32 Å². The maximum Gasteiger partial charge on any atom is 0.415 e. The van der Waals surface area contributed by atoms with Crippen LogP contribution in [-0.2, 0) is 9.53 Å². The molecule has 1 N–H and O–H groups in total. The summed E-state index contributed by atoms with van der Waals surface area (Å²) in [5.74, 6) is -0.0912. The molecule has 168 valence electrons. The number of carbonyl (C=O) groups excluding carboxylic acids is 2. The van der Waals surface area contributed by atoms with Crippen molar-refractivity contribution >= 4 is 35.0 Å². The van der Waals surface area contributed by atoms with Gasteiger partial charge in [0.15, 0.2) is 0 Å². The summed E-state index contributed by atoms with van der Waals surface area (Å²) in [7, 11) is 0. The summed E-state index contributed by atoms with van der Waals surface area (Å²) in [4.78, 5) is 29.1. The molecule has 3 aromatic rings. The van der Waals surface area contributed by atoms with Gasteiger partial charge in [0.05, 0.1) is 13.1 Å². The topological polar surface area (TPSA) is 61.9 Å². The normalized spacial score (nSPS) is 20.3. The van der Waals surface area contributed by atoms with Crippen molar-refractivity contribution in [2.45, 2.75) is 12.0 Å². The second-order valence-electron chi connectivity index (χ2n) is 8.54. The van der Waals surface area contributed by atoms with Gasteiger partial charge in [-0.3, -0.25) is 14.6 Å². The van der Waals surface area contributed by atoms with E-state index in [0.717, 1.165) is 22.5 Å². The van der Waals surface area contributed by atoms with Crippen molar-refractivity contribution in [3.63, 3.8) is 0 Å². The summed E-state index contributed by atoms with van der Waals surface area (Å²) in [5, 5.41) is 3.62. The van der Waals surface area contributed by atoms with Gasteiger partial charge < -0.3 is 10.1 Å². The number of para-hydroxylation sites is 1. The van der Waals surface area contributed by atoms with E-state index in [4.69, 9.17) is 16.3 Å². The van der Waals surface area contributed by atoms with Gasteiger partial charge in [-0.15, -0.1) is 0 Å². The first-order valence-electron chi connectivity index (χ1n) is 10.9. The molecule has 5 rings (SSSR count). The lowest BCUT2D eigenvalue weighted by atomic mass is 10.0. The van der Waals surface area contributed by atoms with Crippen molar-refractivity contribution in [1.82, 2.24) is 4.90 Å². The smallest absolute Gasteiger partial charge is 0.415 e. The number of anilines is 2. The summed E-state index contributed by atoms with van der Waals surface area (Å²) in [5.41, 5.74) is 2.92. The van der Waals surface area contributed by atoms with Crippen LogP contribution in [-0.4, -0.2) is 48.7 Å². The summed E-state index contributed by atoms with van der Waals surface area (Å²) >= 11 is 6.09. The molecule has 2 aliphatic rings. The van der Waals surface area contributed by atoms with E-state index in [1.54, 1.807) is 17.0 Å². The van der Waals surface area contributed by atoms with Crippen LogP contribution >= 0.6 is 11.6 Å². The van der Waals surface area contributed by atoms with Gasteiger partial charge in [0.2, 0.25) is 5.91 Å². The van der Waals surface area contributed by atoms with Gasteiger partial charge in [0, 0.05) is 41.5 Å². The highest BCUT2D eigenvalue weighted by atomic mass is 35.5. The number of nitrogens with zero attached hydrogens (tertiary/aromatic N) is 2. The van der Waals surface area contributed by atoms with E-state index in [1.165, 1.54) is 0 Å². The Hall–Kier alpha value is -3.35. The number of ether oxygens (including phenoxy) is 1. The van der Waals surface area contributed by atoms with Crippen LogP contribution in [0, 0.1) is 0 Å². The lowest BCUT2D eigenvalue weighted by Crippen LogP contribution is -2.39. The van der Waals surface area contributed by atoms with E-state index in [0.29, 0.717) is 31.1 Å². The van der Waals surface area contributed by atoms with Crippen molar-refractivity contribution in [3.05, 3.63) is 83.9 Å². The number of likely N-dealkylation sites (tertiary alicyclic amines) is 1. The van der Waals surface area contributed by atoms with Crippen molar-refractivity contribution in [2.75, 3.05) is 36.4 Å². The third-order valence-electron chi connectivity index (χ3n) is 6.14. The zero-order chi connectivity index (χ0) is 22.8. The van der Waals surface area contributed by atoms with Crippen LogP contribution < -0.4 is 10.2 Å². The van der Waals surface area contributed by atoms with Gasteiger partial charge in [-0.2, -0.15) is 0 Å². The highest BCUT2D eigenvalue weighted by Gasteiger charge is 2.50. The second kappa shape index (κ2) is 8.89. The number of nitrogens with one attached hydrogen (secondary N) is 1. The van der Waals surface area contributed by atoms with E-state index in [9.17, 15) is 9.59 Å². The number of carbonyl (C=O) groups is 2. The average Bonchev–Trinajstić information content (AvgIpc) is 3.36. The van der Waals surface area contributed by atoms with E-state index in [1.807, 2.05) is 71.6 Å². The minimum Gasteiger partial charge on any atom is -0.439 e. The molecule has 2 fully saturated rings. The predicted octanol–water partition coefficient (Wildman–Crippen LogP) is 5.05. The summed E-state index contributed by atoms with van der Waals surface area (Å²) in [6.07, 6.45) is 0.310. The van der Waals surface area contributed by atoms with E-state index >= 15 is 0 Å². The predicted molar refractivity (Wildman–Crippen MR) is 130 cm³/mol. The number of hydrogen-bond donors (Lipinski definition) is 1. The molecule has 1 unspecified atom stereocenters. The number of amides is 2. The molecule has 3 aromatic carbocycles. The third-order valence-corrected chi connectivity index (χ3v) is 6.37. The van der Waals surface area contributed by atoms with Gasteiger partial charge in [-0.25, -0.2) is 4.79 Å². The first-order chi connectivity index (χ1) is 16.0. The molecule has 33 heavy (non-hydrogen) atoms. The van der Waals surface area contributed by atoms with Gasteiger partial charge in [-0.05, 0) is 29.8 Å². The molecule has 0 aliphatic carbocycles. The molecule has 0 aromatic heterocycles. The first-order valence-corrected chi connectivity index (χ1v) is 11.3. The molecule has 0 saturated carbocycles. The molecular weight excluding hydrogens is 438 g/mol. The molecule has 1 atom stereocenters. The highest BCUT2D eigenvalue weighted by Crippen LogP contribution is 2.35. The molecular formula is C26H24ClN3O3. The Morgan fingerprint density at radius 2 is 1.79 bits per heavy atom. The van der Waals surface area contributed by atoms with Crippen molar-refractivity contribution in [3.8, 4) is 11.1 Å². The Labute approximate surface area is 197 Å². The van der Waals surface area contributed by atoms with Crippen LogP contribution in [0.1, 0.15) is 6.42 Å². The van der Waals surface area contributed by atoms with Gasteiger partial charge in [-0.1, -0.05) is 66.2 Å². The molecule has 7 heteroatoms. The fourth-order valence-electron chi connectivity index (χ4n) is 4.60. The van der Waals surface area contributed by atoms with Crippen LogP contribution in [0.4, 0.5) is 16.2 Å². The Kier molecular flexibility index (Phi) is 5.79. The van der Waals surface area contributed by atoms with Crippen molar-refractivity contribution in [1.29, 1.82) is 0 Å². The van der Waals surface area contributed by atoms with Crippen molar-refractivity contribution in [2.24, 2.45) is 0 Å². The van der Waals surface area contributed by atoms with E-state index in [-0.39, 0.29) is 18.5 Å². The first kappa shape index (κ1) is 21.5. The minimum absolute atomic E-state index is 0.0912. The average molecular weight is 462 g/mol. The number of hydrogen-bond acceptors (Lipinski definition) is 4. The van der Waals surface area contributed by atoms with Crippen LogP contribution in [0.25, 0.3) is 11.1 Å². The SMILES string of the molecule is O=C(CN1CCC2(C1)CN(c1cccc(Cl)c1)C(=O)O2)Nc1ccccc1-c1ccccc1. The fraction of sp³-hybridized carbons (Fsp3) is 0.231. The summed E-state index contributed by atoms with van der Waals surface area (Å²) in [6.45, 7) is 1.88. The lowest BCUT2D eigenvalue weighted by Gasteiger charge is -2.22. The highest BCUT2D eigenvalue weighted by molar-refractivity contribution is 6.30. The monoisotopic (exact) mass is 461 g/mol. The number of benzene rings is 3. The van der Waals surface area contributed by atoms with Gasteiger partial charge >= 0.3 is 6.09 Å². The quantitative estimate of drug-likeness (QED) is 0.577. The van der Waals surface area contributed by atoms with Crippen LogP contribution in [0.3, 0.4) is 0 Å². The van der Waals surface area contributed by atoms with Crippen LogP contribution in [0.15, 0.2) is 78.9 Å². The summed E-state index contributed by atoms with van der Waals surface area (Å²) < 4.78 is 5.79. The molecule has 0 bridgehead atoms. The minimum atomic E-state index is -0.609. The lowest BCUT2D eigenvalue weighted by molar-refractivity contribution is -0.117. The standard InChI is InChI=1S/C26H24ClN3O3/c27-20-9-6-10-21(15-20)30-18-26(33-25(30)32)13-14-29(17-26)16-24(31)28-23-12-5-4-11-22(23)19-7-2-1-3-8-19/h1-12,15H,13-14,16-18H2,(H,28,31). The Bertz CT molecular complexity index is 1190. The molecule has 2 aliphatic heterocycles. The molecule has 0 radical (unpaired) electrons. The van der Waals surface area contributed by atoms with Crippen LogP contribution in [0.5, 0.6) is 0 Å². The maximum absolute atomic E-state index is 12.9. The largest absolute Gasteiger partial charge is 0.439 e. The van der Waals surface area contributed by atoms with E-state index < -0.39 is 5.60 Å². The summed E-state index contributed by atoms with van der Waals surface area (Å²) in [6, 6.07) is 24.9. The number of rotatable bonds is 5. The number of halogens is 1. The van der Waals surface area contributed by atoms with Crippen LogP contribution in [0.2, 0.25) is 5.02 Å². The third kappa shape index (κ3) is 4.58. The molecule has 2 saturated heterocycles. The second-order valence-corrected chi connectivity index (χ2v) is 8.97. The zero-order valence-corrected chi connectivity index (χ0v) is 18.8. The fourth-order valence-corrected chi connectivity index (χ4v) is 4.78. The Morgan fingerprint density at radius 3 is 2.61 bits per heavy atom. The maximum atomic E-state index is 12.9. The molecule has 1 spiro atoms. The van der Waals surface area contributed by atoms with Gasteiger partial charge in [0.1, 0.15) is 5.60 Å². The molecule has 6 nitrogen and oxygen atoms in total. The zero-order valence-electron chi connectivity index (χ0n) is 18.0.